The normalized spacial score (nSPS) is 19.2. The summed E-state index contributed by atoms with van der Waals surface area (Å²) in [6.07, 6.45) is -5.51. The lowest BCUT2D eigenvalue weighted by Crippen LogP contribution is -2.53. The summed E-state index contributed by atoms with van der Waals surface area (Å²) in [6.45, 7) is 6.02. The molecule has 0 aromatic heterocycles. The molecule has 1 aromatic rings. The fourth-order valence-electron chi connectivity index (χ4n) is 2.74. The Balaban J connectivity index is 1.89. The van der Waals surface area contributed by atoms with E-state index in [1.165, 1.54) is 6.92 Å². The minimum atomic E-state index is -4.60. The fourth-order valence-corrected chi connectivity index (χ4v) is 2.74. The number of anilines is 1. The molecule has 4 nitrogen and oxygen atoms in total. The lowest BCUT2D eigenvalue weighted by atomic mass is 10.1. The van der Waals surface area contributed by atoms with Crippen LogP contribution in [0.25, 0.3) is 0 Å². The minimum absolute atomic E-state index is 0.306. The number of benzene rings is 1. The van der Waals surface area contributed by atoms with Gasteiger partial charge in [-0.25, -0.2) is 0 Å². The molecule has 2 rings (SSSR count). The van der Waals surface area contributed by atoms with Gasteiger partial charge in [0.25, 0.3) is 0 Å². The van der Waals surface area contributed by atoms with Crippen molar-refractivity contribution in [3.05, 3.63) is 29.8 Å². The van der Waals surface area contributed by atoms with Crippen LogP contribution in [-0.2, 0) is 4.74 Å². The maximum atomic E-state index is 12.3. The van der Waals surface area contributed by atoms with Gasteiger partial charge in [0, 0.05) is 37.9 Å². The van der Waals surface area contributed by atoms with Crippen molar-refractivity contribution < 1.29 is 17.9 Å². The third kappa shape index (κ3) is 4.85. The van der Waals surface area contributed by atoms with Crippen LogP contribution in [0.4, 0.5) is 18.9 Å². The number of alkyl halides is 3. The van der Waals surface area contributed by atoms with Crippen LogP contribution in [0.2, 0.25) is 0 Å². The second kappa shape index (κ2) is 7.20. The second-order valence-electron chi connectivity index (χ2n) is 5.69. The summed E-state index contributed by atoms with van der Waals surface area (Å²) in [7, 11) is 0. The maximum Gasteiger partial charge on any atom is 0.522 e. The fraction of sp³-hybridized carbons (Fsp3) is 0.562. The van der Waals surface area contributed by atoms with Gasteiger partial charge in [0.2, 0.25) is 0 Å². The van der Waals surface area contributed by atoms with Crippen LogP contribution in [0.1, 0.15) is 19.4 Å². The number of hydrogen-bond donors (Lipinski definition) is 0. The van der Waals surface area contributed by atoms with E-state index >= 15 is 0 Å². The quantitative estimate of drug-likeness (QED) is 0.852. The molecule has 1 heterocycles. The molecule has 1 aliphatic heterocycles. The molecule has 23 heavy (non-hydrogen) atoms. The van der Waals surface area contributed by atoms with E-state index in [0.717, 1.165) is 18.8 Å². The van der Waals surface area contributed by atoms with Gasteiger partial charge in [-0.2, -0.15) is 5.26 Å². The highest BCUT2D eigenvalue weighted by Crippen LogP contribution is 2.23. The molecule has 7 heteroatoms. The highest BCUT2D eigenvalue weighted by molar-refractivity contribution is 5.50. The average molecular weight is 327 g/mol. The Morgan fingerprint density at radius 1 is 1.09 bits per heavy atom. The Morgan fingerprint density at radius 3 is 2.13 bits per heavy atom. The molecule has 126 valence electrons. The van der Waals surface area contributed by atoms with Gasteiger partial charge in [-0.1, -0.05) is 0 Å². The summed E-state index contributed by atoms with van der Waals surface area (Å²) in [5.41, 5.74) is 1.63. The lowest BCUT2D eigenvalue weighted by molar-refractivity contribution is -0.345. The third-order valence-corrected chi connectivity index (χ3v) is 4.25. The Labute approximate surface area is 134 Å². The monoisotopic (exact) mass is 327 g/mol. The molecule has 1 fully saturated rings. The van der Waals surface area contributed by atoms with Gasteiger partial charge in [0.1, 0.15) is 0 Å². The highest BCUT2D eigenvalue weighted by atomic mass is 19.4. The Bertz CT molecular complexity index is 545. The van der Waals surface area contributed by atoms with E-state index in [-0.39, 0.29) is 6.04 Å². The molecule has 1 aromatic carbocycles. The summed E-state index contributed by atoms with van der Waals surface area (Å²) in [5, 5.41) is 8.81. The summed E-state index contributed by atoms with van der Waals surface area (Å²) in [6, 6.07) is 9.10. The van der Waals surface area contributed by atoms with Crippen molar-refractivity contribution in [2.45, 2.75) is 32.4 Å². The second-order valence-corrected chi connectivity index (χ2v) is 5.69. The van der Waals surface area contributed by atoms with Crippen molar-refractivity contribution in [2.24, 2.45) is 0 Å². The number of halogens is 3. The van der Waals surface area contributed by atoms with Gasteiger partial charge >= 0.3 is 6.36 Å². The largest absolute Gasteiger partial charge is 0.522 e. The first-order valence-corrected chi connectivity index (χ1v) is 7.54. The third-order valence-electron chi connectivity index (χ3n) is 4.25. The van der Waals surface area contributed by atoms with Crippen LogP contribution in [0.3, 0.4) is 0 Å². The van der Waals surface area contributed by atoms with Crippen LogP contribution in [0.5, 0.6) is 0 Å². The van der Waals surface area contributed by atoms with Crippen LogP contribution in [0, 0.1) is 11.3 Å². The molecule has 1 aliphatic rings. The van der Waals surface area contributed by atoms with Crippen LogP contribution < -0.4 is 4.90 Å². The number of piperazine rings is 1. The number of ether oxygens (including phenoxy) is 1. The van der Waals surface area contributed by atoms with Crippen molar-refractivity contribution in [3.63, 3.8) is 0 Å². The molecule has 0 saturated carbocycles. The maximum absolute atomic E-state index is 12.3. The average Bonchev–Trinajstić information content (AvgIpc) is 2.53. The number of hydrogen-bond acceptors (Lipinski definition) is 4. The van der Waals surface area contributed by atoms with E-state index in [1.54, 1.807) is 19.1 Å². The first-order valence-electron chi connectivity index (χ1n) is 7.54. The van der Waals surface area contributed by atoms with Gasteiger partial charge in [-0.05, 0) is 38.1 Å². The van der Waals surface area contributed by atoms with Gasteiger partial charge < -0.3 is 4.90 Å². The van der Waals surface area contributed by atoms with E-state index in [2.05, 4.69) is 15.7 Å². The van der Waals surface area contributed by atoms with Gasteiger partial charge in [-0.15, -0.1) is 13.2 Å². The molecule has 2 atom stereocenters. The predicted octanol–water partition coefficient (Wildman–Crippen LogP) is 2.99. The first-order chi connectivity index (χ1) is 10.8. The minimum Gasteiger partial charge on any atom is -0.369 e. The van der Waals surface area contributed by atoms with E-state index in [1.807, 2.05) is 17.0 Å². The Morgan fingerprint density at radius 2 is 1.65 bits per heavy atom. The first kappa shape index (κ1) is 17.6. The molecule has 0 aliphatic carbocycles. The SMILES string of the molecule is CC([C@@H](C)OC(F)(F)F)N1CCN(c2ccc(C#N)cc2)CC1. The van der Waals surface area contributed by atoms with Crippen molar-refractivity contribution in [1.29, 1.82) is 5.26 Å². The lowest BCUT2D eigenvalue weighted by Gasteiger charge is -2.40. The molecule has 0 bridgehead atoms. The number of nitrogens with zero attached hydrogens (tertiary/aromatic N) is 3. The zero-order valence-corrected chi connectivity index (χ0v) is 13.2. The van der Waals surface area contributed by atoms with E-state index in [9.17, 15) is 13.2 Å². The molecule has 0 amide bonds. The summed E-state index contributed by atoms with van der Waals surface area (Å²) in [4.78, 5) is 4.18. The van der Waals surface area contributed by atoms with Crippen LogP contribution in [0.15, 0.2) is 24.3 Å². The predicted molar refractivity (Wildman–Crippen MR) is 81.0 cm³/mol. The van der Waals surface area contributed by atoms with Gasteiger partial charge in [0.05, 0.1) is 17.7 Å². The van der Waals surface area contributed by atoms with E-state index in [0.29, 0.717) is 18.7 Å². The van der Waals surface area contributed by atoms with Crippen LogP contribution >= 0.6 is 0 Å². The number of rotatable bonds is 4. The summed E-state index contributed by atoms with van der Waals surface area (Å²) < 4.78 is 41.0. The molecular weight excluding hydrogens is 307 g/mol. The Kier molecular flexibility index (Phi) is 5.50. The smallest absolute Gasteiger partial charge is 0.369 e. The number of nitriles is 1. The zero-order chi connectivity index (χ0) is 17.0. The molecular formula is C16H20F3N3O. The topological polar surface area (TPSA) is 39.5 Å². The molecule has 0 spiro atoms. The van der Waals surface area contributed by atoms with Crippen molar-refractivity contribution in [2.75, 3.05) is 31.1 Å². The molecule has 0 radical (unpaired) electrons. The molecule has 1 unspecified atom stereocenters. The molecule has 0 N–H and O–H groups in total. The summed E-state index contributed by atoms with van der Waals surface area (Å²) >= 11 is 0. The molecule has 1 saturated heterocycles. The zero-order valence-electron chi connectivity index (χ0n) is 13.2. The van der Waals surface area contributed by atoms with Gasteiger partial charge in [0.15, 0.2) is 0 Å². The van der Waals surface area contributed by atoms with Crippen molar-refractivity contribution in [1.82, 2.24) is 4.90 Å². The van der Waals surface area contributed by atoms with E-state index < -0.39 is 12.5 Å². The Hall–Kier alpha value is -1.78. The van der Waals surface area contributed by atoms with Gasteiger partial charge in [-0.3, -0.25) is 9.64 Å². The van der Waals surface area contributed by atoms with Crippen LogP contribution in [-0.4, -0.2) is 49.6 Å². The summed E-state index contributed by atoms with van der Waals surface area (Å²) in [5.74, 6) is 0. The van der Waals surface area contributed by atoms with Crippen molar-refractivity contribution >= 4 is 5.69 Å². The van der Waals surface area contributed by atoms with Crippen molar-refractivity contribution in [3.8, 4) is 6.07 Å². The standard InChI is InChI=1S/C16H20F3N3O/c1-12(13(2)23-16(17,18)19)21-7-9-22(10-8-21)15-5-3-14(11-20)4-6-15/h3-6,12-13H,7-10H2,1-2H3/t12?,13-/m1/s1. The highest BCUT2D eigenvalue weighted by Gasteiger charge is 2.35. The van der Waals surface area contributed by atoms with E-state index in [4.69, 9.17) is 5.26 Å².